The van der Waals surface area contributed by atoms with Crippen LogP contribution in [0.15, 0.2) is 12.1 Å². The highest BCUT2D eigenvalue weighted by Crippen LogP contribution is 2.41. The standard InChI is InChI=1S/C18H30N2O/c1-6-14-11-16-17(12-15(14)13(2)19)20(9-10-21-5)8-7-18(16,3)4/h11-13H,6-10,19H2,1-5H3. The molecule has 0 saturated carbocycles. The second-order valence-corrected chi connectivity index (χ2v) is 6.82. The van der Waals surface area contributed by atoms with Crippen LogP contribution in [0.2, 0.25) is 0 Å². The average Bonchev–Trinajstić information content (AvgIpc) is 2.45. The molecule has 1 unspecified atom stereocenters. The quantitative estimate of drug-likeness (QED) is 0.903. The Balaban J connectivity index is 2.51. The van der Waals surface area contributed by atoms with E-state index in [9.17, 15) is 0 Å². The van der Waals surface area contributed by atoms with Crippen LogP contribution in [0.25, 0.3) is 0 Å². The van der Waals surface area contributed by atoms with Crippen molar-refractivity contribution in [1.82, 2.24) is 0 Å². The first-order chi connectivity index (χ1) is 9.90. The van der Waals surface area contributed by atoms with E-state index in [4.69, 9.17) is 10.5 Å². The average molecular weight is 290 g/mol. The third-order valence-corrected chi connectivity index (χ3v) is 4.77. The number of nitrogens with zero attached hydrogens (tertiary/aromatic N) is 1. The highest BCUT2D eigenvalue weighted by Gasteiger charge is 2.32. The summed E-state index contributed by atoms with van der Waals surface area (Å²) in [7, 11) is 1.77. The van der Waals surface area contributed by atoms with Crippen molar-refractivity contribution in [2.75, 3.05) is 31.7 Å². The normalized spacial score (nSPS) is 18.5. The second kappa shape index (κ2) is 6.37. The number of anilines is 1. The number of nitrogens with two attached hydrogens (primary N) is 1. The molecule has 1 heterocycles. The van der Waals surface area contributed by atoms with Gasteiger partial charge in [0.05, 0.1) is 6.61 Å². The summed E-state index contributed by atoms with van der Waals surface area (Å²) in [5.41, 5.74) is 11.9. The van der Waals surface area contributed by atoms with Gasteiger partial charge in [-0.05, 0) is 47.9 Å². The van der Waals surface area contributed by atoms with Crippen LogP contribution in [0.1, 0.15) is 56.8 Å². The molecule has 0 amide bonds. The van der Waals surface area contributed by atoms with Gasteiger partial charge in [-0.1, -0.05) is 26.8 Å². The van der Waals surface area contributed by atoms with E-state index >= 15 is 0 Å². The molecule has 0 radical (unpaired) electrons. The van der Waals surface area contributed by atoms with E-state index in [1.165, 1.54) is 28.8 Å². The molecule has 0 aliphatic carbocycles. The lowest BCUT2D eigenvalue weighted by molar-refractivity contribution is 0.204. The zero-order valence-corrected chi connectivity index (χ0v) is 14.2. The number of hydrogen-bond acceptors (Lipinski definition) is 3. The number of fused-ring (bicyclic) bond motifs is 1. The zero-order chi connectivity index (χ0) is 15.6. The Kier molecular flexibility index (Phi) is 4.95. The molecule has 2 N–H and O–H groups in total. The summed E-state index contributed by atoms with van der Waals surface area (Å²) >= 11 is 0. The number of ether oxygens (including phenoxy) is 1. The number of methoxy groups -OCH3 is 1. The van der Waals surface area contributed by atoms with Crippen molar-refractivity contribution >= 4 is 5.69 Å². The van der Waals surface area contributed by atoms with Crippen LogP contribution in [0.3, 0.4) is 0 Å². The lowest BCUT2D eigenvalue weighted by Gasteiger charge is -2.41. The molecule has 1 atom stereocenters. The highest BCUT2D eigenvalue weighted by molar-refractivity contribution is 5.62. The van der Waals surface area contributed by atoms with Gasteiger partial charge in [-0.3, -0.25) is 0 Å². The largest absolute Gasteiger partial charge is 0.383 e. The molecule has 0 bridgehead atoms. The Morgan fingerprint density at radius 1 is 1.38 bits per heavy atom. The highest BCUT2D eigenvalue weighted by atomic mass is 16.5. The molecule has 1 aromatic rings. The minimum Gasteiger partial charge on any atom is -0.383 e. The predicted octanol–water partition coefficient (Wildman–Crippen LogP) is 3.40. The molecule has 21 heavy (non-hydrogen) atoms. The number of benzene rings is 1. The summed E-state index contributed by atoms with van der Waals surface area (Å²) in [6.07, 6.45) is 2.22. The maximum Gasteiger partial charge on any atom is 0.0637 e. The van der Waals surface area contributed by atoms with Crippen LogP contribution >= 0.6 is 0 Å². The smallest absolute Gasteiger partial charge is 0.0637 e. The lowest BCUT2D eigenvalue weighted by atomic mass is 9.76. The first-order valence-electron chi connectivity index (χ1n) is 8.07. The van der Waals surface area contributed by atoms with Crippen LogP contribution < -0.4 is 10.6 Å². The van der Waals surface area contributed by atoms with Crippen molar-refractivity contribution in [3.8, 4) is 0 Å². The molecule has 3 nitrogen and oxygen atoms in total. The van der Waals surface area contributed by atoms with Crippen LogP contribution in [-0.4, -0.2) is 26.8 Å². The molecule has 0 saturated heterocycles. The van der Waals surface area contributed by atoms with E-state index in [0.717, 1.165) is 26.1 Å². The molecule has 2 rings (SSSR count). The topological polar surface area (TPSA) is 38.5 Å². The van der Waals surface area contributed by atoms with E-state index in [1.807, 2.05) is 0 Å². The van der Waals surface area contributed by atoms with Gasteiger partial charge in [-0.15, -0.1) is 0 Å². The maximum atomic E-state index is 6.19. The summed E-state index contributed by atoms with van der Waals surface area (Å²) in [6.45, 7) is 11.8. The Bertz CT molecular complexity index is 494. The van der Waals surface area contributed by atoms with Gasteiger partial charge in [-0.25, -0.2) is 0 Å². The van der Waals surface area contributed by atoms with E-state index in [1.54, 1.807) is 7.11 Å². The minimum absolute atomic E-state index is 0.0829. The van der Waals surface area contributed by atoms with E-state index in [2.05, 4.69) is 44.7 Å². The molecule has 118 valence electrons. The van der Waals surface area contributed by atoms with Crippen molar-refractivity contribution in [1.29, 1.82) is 0 Å². The van der Waals surface area contributed by atoms with Gasteiger partial charge in [0.15, 0.2) is 0 Å². The fourth-order valence-electron chi connectivity index (χ4n) is 3.29. The number of hydrogen-bond donors (Lipinski definition) is 1. The van der Waals surface area contributed by atoms with Crippen LogP contribution in [0.5, 0.6) is 0 Å². The fraction of sp³-hybridized carbons (Fsp3) is 0.667. The monoisotopic (exact) mass is 290 g/mol. The Morgan fingerprint density at radius 2 is 2.10 bits per heavy atom. The van der Waals surface area contributed by atoms with Gasteiger partial charge < -0.3 is 15.4 Å². The third kappa shape index (κ3) is 3.24. The van der Waals surface area contributed by atoms with E-state index in [-0.39, 0.29) is 11.5 Å². The Morgan fingerprint density at radius 3 is 2.67 bits per heavy atom. The summed E-state index contributed by atoms with van der Waals surface area (Å²) in [5, 5.41) is 0. The molecular weight excluding hydrogens is 260 g/mol. The molecule has 0 fully saturated rings. The van der Waals surface area contributed by atoms with Crippen LogP contribution in [0.4, 0.5) is 5.69 Å². The van der Waals surface area contributed by atoms with Gasteiger partial charge in [0.1, 0.15) is 0 Å². The van der Waals surface area contributed by atoms with E-state index in [0.29, 0.717) is 0 Å². The Labute approximate surface area is 129 Å². The zero-order valence-electron chi connectivity index (χ0n) is 14.2. The second-order valence-electron chi connectivity index (χ2n) is 6.82. The van der Waals surface area contributed by atoms with Gasteiger partial charge in [0.25, 0.3) is 0 Å². The Hall–Kier alpha value is -1.06. The van der Waals surface area contributed by atoms with Crippen molar-refractivity contribution in [3.63, 3.8) is 0 Å². The van der Waals surface area contributed by atoms with Gasteiger partial charge in [0, 0.05) is 31.9 Å². The summed E-state index contributed by atoms with van der Waals surface area (Å²) in [4.78, 5) is 2.45. The van der Waals surface area contributed by atoms with Gasteiger partial charge in [0.2, 0.25) is 0 Å². The maximum absolute atomic E-state index is 6.19. The van der Waals surface area contributed by atoms with Gasteiger partial charge in [-0.2, -0.15) is 0 Å². The number of rotatable bonds is 5. The molecule has 0 spiro atoms. The van der Waals surface area contributed by atoms with Crippen LogP contribution in [0, 0.1) is 0 Å². The molecule has 1 aromatic carbocycles. The predicted molar refractivity (Wildman–Crippen MR) is 90.2 cm³/mol. The van der Waals surface area contributed by atoms with E-state index < -0.39 is 0 Å². The van der Waals surface area contributed by atoms with Crippen molar-refractivity contribution in [2.24, 2.45) is 5.73 Å². The van der Waals surface area contributed by atoms with Gasteiger partial charge >= 0.3 is 0 Å². The van der Waals surface area contributed by atoms with Crippen molar-refractivity contribution in [3.05, 3.63) is 28.8 Å². The number of aryl methyl sites for hydroxylation is 1. The molecular formula is C18H30N2O. The molecule has 0 aromatic heterocycles. The van der Waals surface area contributed by atoms with Crippen molar-refractivity contribution in [2.45, 2.75) is 52.0 Å². The summed E-state index contributed by atoms with van der Waals surface area (Å²) < 4.78 is 5.27. The molecule has 1 aliphatic rings. The summed E-state index contributed by atoms with van der Waals surface area (Å²) in [5.74, 6) is 0. The SMILES string of the molecule is CCc1cc2c(cc1C(C)N)N(CCOC)CCC2(C)C. The lowest BCUT2D eigenvalue weighted by Crippen LogP contribution is -2.39. The summed E-state index contributed by atoms with van der Waals surface area (Å²) in [6, 6.07) is 4.81. The third-order valence-electron chi connectivity index (χ3n) is 4.77. The van der Waals surface area contributed by atoms with Crippen molar-refractivity contribution < 1.29 is 4.74 Å². The fourth-order valence-corrected chi connectivity index (χ4v) is 3.29. The molecule has 1 aliphatic heterocycles. The first kappa shape index (κ1) is 16.3. The molecule has 3 heteroatoms. The first-order valence-corrected chi connectivity index (χ1v) is 8.07. The minimum atomic E-state index is 0.0829. The van der Waals surface area contributed by atoms with Crippen LogP contribution in [-0.2, 0) is 16.6 Å².